The molecule has 2 N–H and O–H groups in total. The first-order valence-electron chi connectivity index (χ1n) is 8.36. The number of nitrogens with one attached hydrogen (secondary N) is 1. The molecule has 0 aliphatic heterocycles. The topological polar surface area (TPSA) is 101 Å². The molecule has 0 fully saturated rings. The van der Waals surface area contributed by atoms with Crippen LogP contribution in [0, 0.1) is 5.82 Å². The molecule has 0 aliphatic rings. The average molecular weight is 381 g/mol. The van der Waals surface area contributed by atoms with Crippen LogP contribution in [-0.4, -0.2) is 26.8 Å². The first kappa shape index (κ1) is 19.0. The van der Waals surface area contributed by atoms with Crippen molar-refractivity contribution in [2.45, 2.75) is 12.6 Å². The Morgan fingerprint density at radius 2 is 1.71 bits per heavy atom. The van der Waals surface area contributed by atoms with Gasteiger partial charge in [-0.25, -0.2) is 13.9 Å². The van der Waals surface area contributed by atoms with Crippen LogP contribution < -0.4 is 10.9 Å². The second kappa shape index (κ2) is 8.26. The minimum atomic E-state index is -1.26. The fraction of sp³-hybridized carbons (Fsp3) is 0.100. The number of carboxylic acids is 1. The molecule has 28 heavy (non-hydrogen) atoms. The summed E-state index contributed by atoms with van der Waals surface area (Å²) >= 11 is 0. The van der Waals surface area contributed by atoms with E-state index in [2.05, 4.69) is 10.4 Å². The Bertz CT molecular complexity index is 1070. The number of carbonyl (C=O) groups excluding carboxylic acids is 1. The van der Waals surface area contributed by atoms with E-state index in [0.717, 1.165) is 4.68 Å². The molecule has 0 saturated heterocycles. The van der Waals surface area contributed by atoms with Gasteiger partial charge in [-0.1, -0.05) is 42.5 Å². The van der Waals surface area contributed by atoms with E-state index in [0.29, 0.717) is 5.56 Å². The van der Waals surface area contributed by atoms with Gasteiger partial charge in [-0.2, -0.15) is 5.10 Å². The van der Waals surface area contributed by atoms with Crippen molar-refractivity contribution in [2.75, 3.05) is 0 Å². The van der Waals surface area contributed by atoms with E-state index in [1.54, 1.807) is 36.4 Å². The lowest BCUT2D eigenvalue weighted by molar-refractivity contribution is -0.142. The molecule has 0 spiro atoms. The maximum atomic E-state index is 13.9. The SMILES string of the molecule is O=C(Cn1nc(-c2ccccc2F)ccc1=O)N[C@@H](C(=O)O)c1ccccc1. The zero-order chi connectivity index (χ0) is 20.1. The predicted octanol–water partition coefficient (Wildman–Crippen LogP) is 1.99. The van der Waals surface area contributed by atoms with Crippen molar-refractivity contribution in [3.8, 4) is 11.3 Å². The van der Waals surface area contributed by atoms with Crippen molar-refractivity contribution in [2.24, 2.45) is 0 Å². The van der Waals surface area contributed by atoms with Crippen molar-refractivity contribution >= 4 is 11.9 Å². The quantitative estimate of drug-likeness (QED) is 0.680. The lowest BCUT2D eigenvalue weighted by atomic mass is 10.1. The summed E-state index contributed by atoms with van der Waals surface area (Å²) in [7, 11) is 0. The molecule has 0 unspecified atom stereocenters. The van der Waals surface area contributed by atoms with E-state index in [9.17, 15) is 23.9 Å². The van der Waals surface area contributed by atoms with Gasteiger partial charge < -0.3 is 10.4 Å². The molecule has 3 aromatic rings. The van der Waals surface area contributed by atoms with Crippen LogP contribution in [0.25, 0.3) is 11.3 Å². The highest BCUT2D eigenvalue weighted by molar-refractivity contribution is 5.84. The van der Waals surface area contributed by atoms with Crippen LogP contribution in [0.2, 0.25) is 0 Å². The zero-order valence-electron chi connectivity index (χ0n) is 14.6. The van der Waals surface area contributed by atoms with E-state index in [-0.39, 0.29) is 11.3 Å². The number of nitrogens with zero attached hydrogens (tertiary/aromatic N) is 2. The molecule has 1 amide bonds. The maximum Gasteiger partial charge on any atom is 0.330 e. The molecular weight excluding hydrogens is 365 g/mol. The van der Waals surface area contributed by atoms with Crippen LogP contribution in [-0.2, 0) is 16.1 Å². The Labute approximate surface area is 159 Å². The molecule has 0 bridgehead atoms. The van der Waals surface area contributed by atoms with Gasteiger partial charge in [-0.05, 0) is 23.8 Å². The van der Waals surface area contributed by atoms with E-state index < -0.39 is 35.8 Å². The Morgan fingerprint density at radius 1 is 1.04 bits per heavy atom. The highest BCUT2D eigenvalue weighted by Crippen LogP contribution is 2.19. The van der Waals surface area contributed by atoms with Crippen LogP contribution in [0.4, 0.5) is 4.39 Å². The van der Waals surface area contributed by atoms with Crippen LogP contribution in [0.1, 0.15) is 11.6 Å². The van der Waals surface area contributed by atoms with E-state index in [1.807, 2.05) is 0 Å². The second-order valence-electron chi connectivity index (χ2n) is 5.94. The molecule has 0 aliphatic carbocycles. The monoisotopic (exact) mass is 381 g/mol. The number of hydrogen-bond donors (Lipinski definition) is 2. The summed E-state index contributed by atoms with van der Waals surface area (Å²) in [4.78, 5) is 35.8. The standard InChI is InChI=1S/C20H16FN3O4/c21-15-9-5-4-8-14(15)16-10-11-18(26)24(23-16)12-17(25)22-19(20(27)28)13-6-2-1-3-7-13/h1-11,19H,12H2,(H,22,25)(H,27,28)/t19-/m1/s1. The van der Waals surface area contributed by atoms with Gasteiger partial charge in [0.1, 0.15) is 12.4 Å². The highest BCUT2D eigenvalue weighted by Gasteiger charge is 2.22. The first-order chi connectivity index (χ1) is 13.5. The first-order valence-corrected chi connectivity index (χ1v) is 8.36. The Kier molecular flexibility index (Phi) is 5.59. The predicted molar refractivity (Wildman–Crippen MR) is 98.9 cm³/mol. The normalized spacial score (nSPS) is 11.6. The number of aromatic nitrogens is 2. The number of rotatable bonds is 6. The molecule has 0 radical (unpaired) electrons. The number of benzene rings is 2. The Morgan fingerprint density at radius 3 is 2.39 bits per heavy atom. The smallest absolute Gasteiger partial charge is 0.330 e. The van der Waals surface area contributed by atoms with E-state index in [4.69, 9.17) is 0 Å². The molecule has 1 aromatic heterocycles. The molecule has 2 aromatic carbocycles. The second-order valence-corrected chi connectivity index (χ2v) is 5.94. The van der Waals surface area contributed by atoms with Gasteiger partial charge in [0.2, 0.25) is 5.91 Å². The summed E-state index contributed by atoms with van der Waals surface area (Å²) in [6.45, 7) is -0.502. The fourth-order valence-electron chi connectivity index (χ4n) is 2.65. The molecule has 1 atom stereocenters. The number of carbonyl (C=O) groups is 2. The summed E-state index contributed by atoms with van der Waals surface area (Å²) in [5, 5.41) is 15.8. The largest absolute Gasteiger partial charge is 0.479 e. The zero-order valence-corrected chi connectivity index (χ0v) is 14.6. The average Bonchev–Trinajstić information content (AvgIpc) is 2.69. The number of halogens is 1. The molecule has 142 valence electrons. The van der Waals surface area contributed by atoms with Crippen LogP contribution >= 0.6 is 0 Å². The van der Waals surface area contributed by atoms with Crippen molar-refractivity contribution in [3.63, 3.8) is 0 Å². The summed E-state index contributed by atoms with van der Waals surface area (Å²) in [6, 6.07) is 15.4. The third-order valence-electron chi connectivity index (χ3n) is 3.99. The summed E-state index contributed by atoms with van der Waals surface area (Å²) in [6.07, 6.45) is 0. The van der Waals surface area contributed by atoms with Gasteiger partial charge >= 0.3 is 5.97 Å². The Hall–Kier alpha value is -3.81. The van der Waals surface area contributed by atoms with Crippen molar-refractivity contribution in [3.05, 3.63) is 88.5 Å². The molecule has 7 nitrogen and oxygen atoms in total. The van der Waals surface area contributed by atoms with Crippen molar-refractivity contribution < 1.29 is 19.1 Å². The highest BCUT2D eigenvalue weighted by atomic mass is 19.1. The maximum absolute atomic E-state index is 13.9. The lowest BCUT2D eigenvalue weighted by Crippen LogP contribution is -2.38. The minimum Gasteiger partial charge on any atom is -0.479 e. The van der Waals surface area contributed by atoms with Crippen molar-refractivity contribution in [1.29, 1.82) is 0 Å². The van der Waals surface area contributed by atoms with Gasteiger partial charge in [0.25, 0.3) is 5.56 Å². The number of aliphatic carboxylic acids is 1. The molecule has 8 heteroatoms. The summed E-state index contributed by atoms with van der Waals surface area (Å²) in [5.74, 6) is -2.46. The van der Waals surface area contributed by atoms with Gasteiger partial charge in [0.15, 0.2) is 6.04 Å². The van der Waals surface area contributed by atoms with Gasteiger partial charge in [-0.15, -0.1) is 0 Å². The van der Waals surface area contributed by atoms with Crippen molar-refractivity contribution in [1.82, 2.24) is 15.1 Å². The number of amides is 1. The van der Waals surface area contributed by atoms with Gasteiger partial charge in [0, 0.05) is 11.6 Å². The third kappa shape index (κ3) is 4.29. The molecule has 1 heterocycles. The molecular formula is C20H16FN3O4. The van der Waals surface area contributed by atoms with Crippen LogP contribution in [0.3, 0.4) is 0 Å². The number of hydrogen-bond acceptors (Lipinski definition) is 4. The van der Waals surface area contributed by atoms with Crippen LogP contribution in [0.5, 0.6) is 0 Å². The third-order valence-corrected chi connectivity index (χ3v) is 3.99. The molecule has 3 rings (SSSR count). The lowest BCUT2D eigenvalue weighted by Gasteiger charge is -2.15. The molecule has 0 saturated carbocycles. The fourth-order valence-corrected chi connectivity index (χ4v) is 2.65. The van der Waals surface area contributed by atoms with E-state index >= 15 is 0 Å². The van der Waals surface area contributed by atoms with Gasteiger partial charge in [0.05, 0.1) is 5.69 Å². The summed E-state index contributed by atoms with van der Waals surface area (Å²) in [5.41, 5.74) is 0.193. The van der Waals surface area contributed by atoms with Gasteiger partial charge in [-0.3, -0.25) is 9.59 Å². The number of carboxylic acid groups (broad SMARTS) is 1. The summed E-state index contributed by atoms with van der Waals surface area (Å²) < 4.78 is 14.8. The Balaban J connectivity index is 1.82. The minimum absolute atomic E-state index is 0.184. The van der Waals surface area contributed by atoms with Crippen LogP contribution in [0.15, 0.2) is 71.5 Å². The van der Waals surface area contributed by atoms with E-state index in [1.165, 1.54) is 30.3 Å².